The molecule has 23 heavy (non-hydrogen) atoms. The summed E-state index contributed by atoms with van der Waals surface area (Å²) >= 11 is 0. The number of aliphatic imine (C=N–C) groups is 1. The Morgan fingerprint density at radius 3 is 2.70 bits per heavy atom. The van der Waals surface area contributed by atoms with Crippen molar-refractivity contribution < 1.29 is 14.4 Å². The molecule has 0 bridgehead atoms. The summed E-state index contributed by atoms with van der Waals surface area (Å²) in [7, 11) is 0. The Hall–Kier alpha value is -1.54. The van der Waals surface area contributed by atoms with Gasteiger partial charge in [0, 0.05) is 18.3 Å². The summed E-state index contributed by atoms with van der Waals surface area (Å²) in [5.41, 5.74) is 0.371. The molecule has 0 aromatic rings. The maximum atomic E-state index is 12.4. The Labute approximate surface area is 136 Å². The molecule has 0 aromatic heterocycles. The van der Waals surface area contributed by atoms with E-state index >= 15 is 0 Å². The third-order valence-electron chi connectivity index (χ3n) is 7.40. The van der Waals surface area contributed by atoms with Crippen LogP contribution in [0.3, 0.4) is 0 Å². The van der Waals surface area contributed by atoms with Crippen molar-refractivity contribution in [3.8, 4) is 0 Å². The van der Waals surface area contributed by atoms with Gasteiger partial charge in [-0.3, -0.25) is 9.59 Å². The van der Waals surface area contributed by atoms with Crippen molar-refractivity contribution in [1.82, 2.24) is 0 Å². The predicted molar refractivity (Wildman–Crippen MR) is 84.5 cm³/mol. The van der Waals surface area contributed by atoms with Crippen molar-refractivity contribution in [1.29, 1.82) is 0 Å². The van der Waals surface area contributed by atoms with E-state index in [-0.39, 0.29) is 11.2 Å². The highest BCUT2D eigenvalue weighted by molar-refractivity contribution is 5.92. The van der Waals surface area contributed by atoms with Gasteiger partial charge in [-0.15, -0.1) is 0 Å². The van der Waals surface area contributed by atoms with Crippen LogP contribution in [0.4, 0.5) is 0 Å². The van der Waals surface area contributed by atoms with Crippen LogP contribution in [0.1, 0.15) is 58.3 Å². The fraction of sp³-hybridized carbons (Fsp3) is 0.737. The third kappa shape index (κ3) is 1.91. The van der Waals surface area contributed by atoms with Crippen molar-refractivity contribution in [2.75, 3.05) is 0 Å². The quantitative estimate of drug-likeness (QED) is 0.552. The zero-order chi connectivity index (χ0) is 16.2. The fourth-order valence-corrected chi connectivity index (χ4v) is 6.25. The number of isocyanates is 1. The lowest BCUT2D eigenvalue weighted by Crippen LogP contribution is -2.54. The van der Waals surface area contributed by atoms with Gasteiger partial charge in [0.05, 0.1) is 5.54 Å². The molecule has 4 nitrogen and oxygen atoms in total. The molecule has 3 fully saturated rings. The van der Waals surface area contributed by atoms with Crippen LogP contribution < -0.4 is 0 Å². The van der Waals surface area contributed by atoms with E-state index in [0.717, 1.165) is 37.7 Å². The molecule has 0 unspecified atom stereocenters. The molecule has 4 rings (SSSR count). The highest BCUT2D eigenvalue weighted by Gasteiger charge is 2.60. The molecule has 0 N–H and O–H groups in total. The SMILES string of the molecule is C[C@]12CC[C@H]3[C@@H](CCC4=CC(=O)CC[C@@]43N=C=O)[C@@H]1CCC2=O. The predicted octanol–water partition coefficient (Wildman–Crippen LogP) is 3.16. The van der Waals surface area contributed by atoms with Crippen LogP contribution in [0.15, 0.2) is 16.6 Å². The number of Topliss-reactive ketones (excluding diaryl/α,β-unsaturated/α-hetero) is 1. The van der Waals surface area contributed by atoms with Crippen LogP contribution in [0, 0.1) is 23.2 Å². The summed E-state index contributed by atoms with van der Waals surface area (Å²) in [6.07, 6.45) is 10.0. The minimum absolute atomic E-state index is 0.159. The molecule has 0 saturated heterocycles. The number of fused-ring (bicyclic) bond motifs is 5. The van der Waals surface area contributed by atoms with Crippen molar-refractivity contribution in [3.63, 3.8) is 0 Å². The Morgan fingerprint density at radius 2 is 1.91 bits per heavy atom. The number of carbonyl (C=O) groups excluding carboxylic acids is 3. The van der Waals surface area contributed by atoms with Gasteiger partial charge in [-0.25, -0.2) is 4.79 Å². The Balaban J connectivity index is 1.77. The second-order valence-electron chi connectivity index (χ2n) is 8.10. The molecule has 4 aliphatic carbocycles. The second-order valence-corrected chi connectivity index (χ2v) is 8.10. The molecular formula is C19H23NO3. The monoisotopic (exact) mass is 313 g/mol. The summed E-state index contributed by atoms with van der Waals surface area (Å²) in [5.74, 6) is 1.75. The van der Waals surface area contributed by atoms with Crippen LogP contribution >= 0.6 is 0 Å². The molecule has 0 spiro atoms. The maximum Gasteiger partial charge on any atom is 0.235 e. The maximum absolute atomic E-state index is 12.4. The Kier molecular flexibility index (Phi) is 3.25. The van der Waals surface area contributed by atoms with Crippen molar-refractivity contribution in [2.24, 2.45) is 28.2 Å². The Morgan fingerprint density at radius 1 is 1.09 bits per heavy atom. The van der Waals surface area contributed by atoms with E-state index in [1.54, 1.807) is 6.08 Å². The van der Waals surface area contributed by atoms with E-state index in [0.29, 0.717) is 42.8 Å². The molecule has 0 aliphatic heterocycles. The first-order valence-corrected chi connectivity index (χ1v) is 8.87. The first kappa shape index (κ1) is 15.0. The summed E-state index contributed by atoms with van der Waals surface area (Å²) in [6.45, 7) is 2.15. The highest BCUT2D eigenvalue weighted by Crippen LogP contribution is 2.62. The number of rotatable bonds is 1. The van der Waals surface area contributed by atoms with Gasteiger partial charge in [0.15, 0.2) is 5.78 Å². The first-order chi connectivity index (χ1) is 11.0. The van der Waals surface area contributed by atoms with E-state index < -0.39 is 5.54 Å². The van der Waals surface area contributed by atoms with E-state index in [9.17, 15) is 14.4 Å². The summed E-state index contributed by atoms with van der Waals surface area (Å²) in [6, 6.07) is 0. The van der Waals surface area contributed by atoms with E-state index in [1.807, 2.05) is 6.08 Å². The van der Waals surface area contributed by atoms with Gasteiger partial charge in [-0.05, 0) is 67.9 Å². The number of carbonyl (C=O) groups is 2. The van der Waals surface area contributed by atoms with Gasteiger partial charge in [-0.1, -0.05) is 6.92 Å². The smallest absolute Gasteiger partial charge is 0.235 e. The van der Waals surface area contributed by atoms with Gasteiger partial charge < -0.3 is 0 Å². The third-order valence-corrected chi connectivity index (χ3v) is 7.40. The minimum Gasteiger partial charge on any atom is -0.299 e. The van der Waals surface area contributed by atoms with Crippen molar-refractivity contribution in [3.05, 3.63) is 11.6 Å². The number of hydrogen-bond donors (Lipinski definition) is 0. The molecule has 4 heteroatoms. The van der Waals surface area contributed by atoms with Crippen molar-refractivity contribution >= 4 is 17.6 Å². The molecule has 3 saturated carbocycles. The molecule has 0 heterocycles. The molecule has 0 aromatic carbocycles. The lowest BCUT2D eigenvalue weighted by molar-refractivity contribution is -0.131. The zero-order valence-electron chi connectivity index (χ0n) is 13.6. The number of hydrogen-bond acceptors (Lipinski definition) is 4. The molecular weight excluding hydrogens is 290 g/mol. The van der Waals surface area contributed by atoms with Crippen LogP contribution in [-0.4, -0.2) is 23.2 Å². The Bertz CT molecular complexity index is 660. The molecule has 122 valence electrons. The lowest BCUT2D eigenvalue weighted by Gasteiger charge is -2.55. The minimum atomic E-state index is -0.508. The highest BCUT2D eigenvalue weighted by atomic mass is 16.1. The second kappa shape index (κ2) is 4.98. The standard InChI is InChI=1S/C19H23NO3/c1-18-8-7-16-14(15(18)4-5-17(18)23)3-2-12-10-13(22)6-9-19(12,16)20-11-21/h10,14-16H,2-9H2,1H3/t14-,15-,16-,18-,19+/m0/s1. The number of ketones is 2. The molecule has 0 amide bonds. The summed E-state index contributed by atoms with van der Waals surface area (Å²) in [5, 5.41) is 0. The first-order valence-electron chi connectivity index (χ1n) is 8.87. The van der Waals surface area contributed by atoms with Gasteiger partial charge >= 0.3 is 0 Å². The topological polar surface area (TPSA) is 63.6 Å². The fourth-order valence-electron chi connectivity index (χ4n) is 6.25. The van der Waals surface area contributed by atoms with Gasteiger partial charge in [0.25, 0.3) is 0 Å². The van der Waals surface area contributed by atoms with Crippen LogP contribution in [-0.2, 0) is 14.4 Å². The van der Waals surface area contributed by atoms with E-state index in [4.69, 9.17) is 0 Å². The average Bonchev–Trinajstić information content (AvgIpc) is 2.84. The normalized spacial score (nSPS) is 45.4. The van der Waals surface area contributed by atoms with Crippen LogP contribution in [0.5, 0.6) is 0 Å². The molecule has 4 aliphatic rings. The molecule has 0 radical (unpaired) electrons. The zero-order valence-corrected chi connectivity index (χ0v) is 13.6. The van der Waals surface area contributed by atoms with Crippen molar-refractivity contribution in [2.45, 2.75) is 63.8 Å². The van der Waals surface area contributed by atoms with Gasteiger partial charge in [-0.2, -0.15) is 4.99 Å². The van der Waals surface area contributed by atoms with Crippen LogP contribution in [0.2, 0.25) is 0 Å². The lowest BCUT2D eigenvalue weighted by atomic mass is 9.50. The van der Waals surface area contributed by atoms with Gasteiger partial charge in [0.2, 0.25) is 6.08 Å². The number of nitrogens with zero attached hydrogens (tertiary/aromatic N) is 1. The van der Waals surface area contributed by atoms with E-state index in [1.165, 1.54) is 0 Å². The largest absolute Gasteiger partial charge is 0.299 e. The van der Waals surface area contributed by atoms with Gasteiger partial charge in [0.1, 0.15) is 5.78 Å². The molecule has 5 atom stereocenters. The summed E-state index contributed by atoms with van der Waals surface area (Å²) in [4.78, 5) is 39.7. The summed E-state index contributed by atoms with van der Waals surface area (Å²) < 4.78 is 0. The van der Waals surface area contributed by atoms with E-state index in [2.05, 4.69) is 11.9 Å². The average molecular weight is 313 g/mol. The van der Waals surface area contributed by atoms with Crippen LogP contribution in [0.25, 0.3) is 0 Å².